The third-order valence-corrected chi connectivity index (χ3v) is 4.73. The van der Waals surface area contributed by atoms with Crippen LogP contribution in [0.15, 0.2) is 12.8 Å². The van der Waals surface area contributed by atoms with Gasteiger partial charge in [0.05, 0.1) is 24.6 Å². The van der Waals surface area contributed by atoms with Crippen LogP contribution in [-0.4, -0.2) is 29.5 Å². The molecule has 1 heterocycles. The lowest BCUT2D eigenvalue weighted by molar-refractivity contribution is -0.0729. The van der Waals surface area contributed by atoms with Gasteiger partial charge in [-0.15, -0.1) is 0 Å². The highest BCUT2D eigenvalue weighted by molar-refractivity contribution is 5.13. The van der Waals surface area contributed by atoms with Crippen molar-refractivity contribution in [3.63, 3.8) is 0 Å². The molecular formula is C13H20O3. The van der Waals surface area contributed by atoms with E-state index in [2.05, 4.69) is 6.58 Å². The highest BCUT2D eigenvalue weighted by Gasteiger charge is 2.65. The topological polar surface area (TPSA) is 38.7 Å². The second-order valence-electron chi connectivity index (χ2n) is 5.97. The van der Waals surface area contributed by atoms with Gasteiger partial charge in [-0.25, -0.2) is 0 Å². The first-order valence-electron chi connectivity index (χ1n) is 6.14. The summed E-state index contributed by atoms with van der Waals surface area (Å²) in [6, 6.07) is 0. The van der Waals surface area contributed by atoms with E-state index in [-0.39, 0.29) is 12.2 Å². The van der Waals surface area contributed by atoms with E-state index in [0.717, 1.165) is 13.0 Å². The van der Waals surface area contributed by atoms with Crippen LogP contribution in [0.5, 0.6) is 0 Å². The van der Waals surface area contributed by atoms with Crippen molar-refractivity contribution in [1.82, 2.24) is 0 Å². The van der Waals surface area contributed by atoms with Crippen LogP contribution in [0.1, 0.15) is 20.3 Å². The average molecular weight is 224 g/mol. The molecule has 0 radical (unpaired) electrons. The van der Waals surface area contributed by atoms with Gasteiger partial charge in [0, 0.05) is 5.92 Å². The van der Waals surface area contributed by atoms with E-state index >= 15 is 0 Å². The number of rotatable bonds is 3. The van der Waals surface area contributed by atoms with Crippen molar-refractivity contribution < 1.29 is 14.6 Å². The van der Waals surface area contributed by atoms with E-state index in [0.29, 0.717) is 23.7 Å². The van der Waals surface area contributed by atoms with Crippen molar-refractivity contribution in [1.29, 1.82) is 0 Å². The Morgan fingerprint density at radius 3 is 2.75 bits per heavy atom. The zero-order valence-corrected chi connectivity index (χ0v) is 9.93. The maximum Gasteiger partial charge on any atom is 0.127 e. The molecule has 2 aliphatic carbocycles. The molecule has 3 nitrogen and oxygen atoms in total. The Balaban J connectivity index is 1.91. The third kappa shape index (κ3) is 1.22. The van der Waals surface area contributed by atoms with Crippen molar-refractivity contribution in [2.45, 2.75) is 38.1 Å². The van der Waals surface area contributed by atoms with Crippen molar-refractivity contribution in [2.75, 3.05) is 6.61 Å². The van der Waals surface area contributed by atoms with E-state index in [9.17, 15) is 5.11 Å². The molecule has 6 atom stereocenters. The lowest BCUT2D eigenvalue weighted by Crippen LogP contribution is -2.46. The fraction of sp³-hybridized carbons (Fsp3) is 0.846. The molecule has 0 aromatic heterocycles. The van der Waals surface area contributed by atoms with Crippen LogP contribution in [0.2, 0.25) is 0 Å². The predicted molar refractivity (Wildman–Crippen MR) is 59.7 cm³/mol. The summed E-state index contributed by atoms with van der Waals surface area (Å²) in [5, 5.41) is 10.3. The summed E-state index contributed by atoms with van der Waals surface area (Å²) in [5.74, 6) is 1.85. The molecule has 1 saturated heterocycles. The van der Waals surface area contributed by atoms with Gasteiger partial charge in [-0.2, -0.15) is 0 Å². The predicted octanol–water partition coefficient (Wildman–Crippen LogP) is 1.57. The average Bonchev–Trinajstić information content (AvgIpc) is 2.74. The Morgan fingerprint density at radius 1 is 1.38 bits per heavy atom. The molecule has 0 amide bonds. The zero-order chi connectivity index (χ0) is 11.5. The molecule has 16 heavy (non-hydrogen) atoms. The van der Waals surface area contributed by atoms with Crippen molar-refractivity contribution in [3.8, 4) is 0 Å². The van der Waals surface area contributed by atoms with Crippen molar-refractivity contribution >= 4 is 0 Å². The van der Waals surface area contributed by atoms with Crippen LogP contribution >= 0.6 is 0 Å². The van der Waals surface area contributed by atoms with Gasteiger partial charge in [-0.05, 0) is 38.0 Å². The normalized spacial score (nSPS) is 49.7. The summed E-state index contributed by atoms with van der Waals surface area (Å²) in [6.45, 7) is 8.25. The van der Waals surface area contributed by atoms with Crippen LogP contribution < -0.4 is 0 Å². The van der Waals surface area contributed by atoms with E-state index in [1.165, 1.54) is 6.26 Å². The Kier molecular flexibility index (Phi) is 2.14. The Labute approximate surface area is 96.4 Å². The zero-order valence-electron chi connectivity index (χ0n) is 9.93. The van der Waals surface area contributed by atoms with Gasteiger partial charge in [0.2, 0.25) is 0 Å². The van der Waals surface area contributed by atoms with E-state index in [1.54, 1.807) is 0 Å². The first kappa shape index (κ1) is 10.6. The number of fused-ring (bicyclic) bond motifs is 1. The maximum atomic E-state index is 10.3. The van der Waals surface area contributed by atoms with E-state index in [4.69, 9.17) is 9.47 Å². The minimum Gasteiger partial charge on any atom is -0.496 e. The second kappa shape index (κ2) is 3.23. The minimum atomic E-state index is -0.633. The summed E-state index contributed by atoms with van der Waals surface area (Å²) in [6.07, 6.45) is 3.01. The Bertz CT molecular complexity index is 307. The van der Waals surface area contributed by atoms with Crippen LogP contribution in [0.4, 0.5) is 0 Å². The molecular weight excluding hydrogens is 204 g/mol. The van der Waals surface area contributed by atoms with E-state index < -0.39 is 5.60 Å². The lowest BCUT2D eigenvalue weighted by atomic mass is 9.71. The molecule has 2 bridgehead atoms. The third-order valence-electron chi connectivity index (χ3n) is 4.73. The number of ether oxygens (including phenoxy) is 2. The molecule has 0 aromatic rings. The van der Waals surface area contributed by atoms with Gasteiger partial charge in [-0.1, -0.05) is 6.58 Å². The summed E-state index contributed by atoms with van der Waals surface area (Å²) in [7, 11) is 0. The number of aliphatic hydroxyl groups is 1. The first-order valence-corrected chi connectivity index (χ1v) is 6.14. The van der Waals surface area contributed by atoms with Crippen molar-refractivity contribution in [2.24, 2.45) is 23.7 Å². The minimum absolute atomic E-state index is 0.109. The summed E-state index contributed by atoms with van der Waals surface area (Å²) >= 11 is 0. The molecule has 0 spiro atoms. The monoisotopic (exact) mass is 224 g/mol. The number of hydrogen-bond acceptors (Lipinski definition) is 3. The molecule has 3 fully saturated rings. The van der Waals surface area contributed by atoms with Gasteiger partial charge in [0.1, 0.15) is 6.10 Å². The summed E-state index contributed by atoms with van der Waals surface area (Å²) in [5.41, 5.74) is -0.633. The molecule has 0 aromatic carbocycles. The molecule has 3 heteroatoms. The fourth-order valence-corrected chi connectivity index (χ4v) is 4.43. The molecule has 90 valence electrons. The number of hydrogen-bond donors (Lipinski definition) is 1. The van der Waals surface area contributed by atoms with Gasteiger partial charge in [0.15, 0.2) is 0 Å². The molecule has 3 rings (SSSR count). The quantitative estimate of drug-likeness (QED) is 0.739. The molecule has 6 unspecified atom stereocenters. The van der Waals surface area contributed by atoms with Gasteiger partial charge in [-0.3, -0.25) is 0 Å². The standard InChI is InChI=1S/C13H20O3/c1-4-15-12-8-5-7-9(6-16-11(7)12)10(8)13(2,3)14/h4,7-12,14H,1,5-6H2,2-3H3. The van der Waals surface area contributed by atoms with E-state index in [1.807, 2.05) is 13.8 Å². The second-order valence-corrected chi connectivity index (χ2v) is 5.97. The van der Waals surface area contributed by atoms with Gasteiger partial charge in [0.25, 0.3) is 0 Å². The molecule has 1 aliphatic heterocycles. The van der Waals surface area contributed by atoms with Crippen LogP contribution in [0, 0.1) is 23.7 Å². The van der Waals surface area contributed by atoms with Gasteiger partial charge >= 0.3 is 0 Å². The largest absolute Gasteiger partial charge is 0.496 e. The fourth-order valence-electron chi connectivity index (χ4n) is 4.43. The SMILES string of the molecule is C=COC1C2CC3C(COC31)C2C(C)(C)O. The van der Waals surface area contributed by atoms with Crippen LogP contribution in [0.25, 0.3) is 0 Å². The Morgan fingerprint density at radius 2 is 2.12 bits per heavy atom. The molecule has 2 saturated carbocycles. The molecule has 1 N–H and O–H groups in total. The summed E-state index contributed by atoms with van der Waals surface area (Å²) < 4.78 is 11.5. The highest BCUT2D eigenvalue weighted by Crippen LogP contribution is 2.60. The first-order chi connectivity index (χ1) is 7.54. The van der Waals surface area contributed by atoms with Crippen LogP contribution in [0.3, 0.4) is 0 Å². The van der Waals surface area contributed by atoms with Crippen LogP contribution in [-0.2, 0) is 9.47 Å². The summed E-state index contributed by atoms with van der Waals surface area (Å²) in [4.78, 5) is 0. The van der Waals surface area contributed by atoms with Gasteiger partial charge < -0.3 is 14.6 Å². The molecule has 3 aliphatic rings. The Hall–Kier alpha value is -0.540. The maximum absolute atomic E-state index is 10.3. The highest BCUT2D eigenvalue weighted by atomic mass is 16.5. The smallest absolute Gasteiger partial charge is 0.127 e. The lowest BCUT2D eigenvalue weighted by Gasteiger charge is -2.39. The van der Waals surface area contributed by atoms with Crippen molar-refractivity contribution in [3.05, 3.63) is 12.8 Å².